The molecule has 4 rings (SSSR count). The second-order valence-corrected chi connectivity index (χ2v) is 6.72. The van der Waals surface area contributed by atoms with Crippen LogP contribution in [0.15, 0.2) is 54.7 Å². The summed E-state index contributed by atoms with van der Waals surface area (Å²) in [5.41, 5.74) is 11.8. The first kappa shape index (κ1) is 18.7. The molecule has 0 aliphatic rings. The molecule has 0 bridgehead atoms. The molecule has 0 spiro atoms. The van der Waals surface area contributed by atoms with Crippen molar-refractivity contribution in [1.29, 1.82) is 0 Å². The summed E-state index contributed by atoms with van der Waals surface area (Å²) < 4.78 is 6.86. The van der Waals surface area contributed by atoms with Gasteiger partial charge in [-0.1, -0.05) is 35.0 Å². The molecule has 29 heavy (non-hydrogen) atoms. The van der Waals surface area contributed by atoms with Crippen molar-refractivity contribution in [2.24, 2.45) is 0 Å². The van der Waals surface area contributed by atoms with Crippen LogP contribution in [0.4, 0.5) is 5.95 Å². The van der Waals surface area contributed by atoms with Gasteiger partial charge in [0.2, 0.25) is 5.95 Å². The molecule has 0 radical (unpaired) electrons. The Morgan fingerprint density at radius 2 is 1.72 bits per heavy atom. The van der Waals surface area contributed by atoms with Crippen molar-refractivity contribution in [2.75, 3.05) is 12.8 Å². The monoisotopic (exact) mass is 387 g/mol. The van der Waals surface area contributed by atoms with Gasteiger partial charge in [-0.25, -0.2) is 14.6 Å². The van der Waals surface area contributed by atoms with Crippen molar-refractivity contribution in [3.05, 3.63) is 71.7 Å². The molecule has 4 aromatic rings. The van der Waals surface area contributed by atoms with Crippen molar-refractivity contribution in [1.82, 2.24) is 29.9 Å². The minimum atomic E-state index is 0.197. The molecule has 3 aromatic heterocycles. The van der Waals surface area contributed by atoms with Crippen molar-refractivity contribution >= 4 is 5.95 Å². The van der Waals surface area contributed by atoms with Gasteiger partial charge in [0.15, 0.2) is 0 Å². The number of benzene rings is 1. The molecule has 8 heteroatoms. The van der Waals surface area contributed by atoms with Crippen LogP contribution in [0.1, 0.15) is 17.0 Å². The molecule has 0 unspecified atom stereocenters. The Morgan fingerprint density at radius 3 is 2.55 bits per heavy atom. The lowest BCUT2D eigenvalue weighted by Crippen LogP contribution is -2.04. The number of nitrogens with two attached hydrogens (primary N) is 1. The van der Waals surface area contributed by atoms with Crippen molar-refractivity contribution < 1.29 is 4.74 Å². The topological polar surface area (TPSA) is 105 Å². The van der Waals surface area contributed by atoms with Gasteiger partial charge in [0.25, 0.3) is 0 Å². The van der Waals surface area contributed by atoms with Crippen LogP contribution in [0, 0.1) is 6.92 Å². The first-order valence-electron chi connectivity index (χ1n) is 9.16. The second-order valence-electron chi connectivity index (χ2n) is 6.72. The lowest BCUT2D eigenvalue weighted by atomic mass is 10.1. The zero-order valence-corrected chi connectivity index (χ0v) is 16.3. The third-order valence-corrected chi connectivity index (χ3v) is 4.34. The Labute approximate surface area is 168 Å². The molecule has 2 N–H and O–H groups in total. The Hall–Kier alpha value is -3.65. The fraction of sp³-hybridized carbons (Fsp3) is 0.190. The summed E-state index contributed by atoms with van der Waals surface area (Å²) in [6, 6.07) is 15.8. The Kier molecular flexibility index (Phi) is 5.26. The van der Waals surface area contributed by atoms with Gasteiger partial charge >= 0.3 is 0 Å². The quantitative estimate of drug-likeness (QED) is 0.542. The van der Waals surface area contributed by atoms with E-state index in [0.29, 0.717) is 24.5 Å². The number of aryl methyl sites for hydroxylation is 1. The summed E-state index contributed by atoms with van der Waals surface area (Å²) in [7, 11) is 1.65. The van der Waals surface area contributed by atoms with Gasteiger partial charge in [-0.05, 0) is 31.2 Å². The largest absolute Gasteiger partial charge is 0.378 e. The molecule has 146 valence electrons. The van der Waals surface area contributed by atoms with Gasteiger partial charge in [0.05, 0.1) is 42.1 Å². The zero-order valence-electron chi connectivity index (χ0n) is 16.3. The Balaban J connectivity index is 1.60. The average Bonchev–Trinajstić information content (AvgIpc) is 3.17. The SMILES string of the molecule is COCc1cccc(Cn2cc(-c3cc(-c4cccc(C)c4)nc(N)n3)nn2)n1. The maximum absolute atomic E-state index is 5.95. The van der Waals surface area contributed by atoms with E-state index >= 15 is 0 Å². The standard InChI is InChI=1S/C21H21N7O/c1-14-5-3-6-15(9-14)18-10-19(25-21(22)24-18)20-12-28(27-26-20)11-16-7-4-8-17(23-16)13-29-2/h3-10,12H,11,13H2,1-2H3,(H2,22,24,25). The molecule has 0 saturated carbocycles. The summed E-state index contributed by atoms with van der Waals surface area (Å²) in [6.45, 7) is 3.00. The lowest BCUT2D eigenvalue weighted by Gasteiger charge is -2.05. The van der Waals surface area contributed by atoms with Crippen LogP contribution in [0.2, 0.25) is 0 Å². The predicted octanol–water partition coefficient (Wildman–Crippen LogP) is 2.88. The van der Waals surface area contributed by atoms with Crippen LogP contribution in [0.3, 0.4) is 0 Å². The minimum Gasteiger partial charge on any atom is -0.378 e. The summed E-state index contributed by atoms with van der Waals surface area (Å²) in [6.07, 6.45) is 1.83. The maximum atomic E-state index is 5.95. The molecule has 0 aliphatic carbocycles. The maximum Gasteiger partial charge on any atom is 0.221 e. The van der Waals surface area contributed by atoms with E-state index in [2.05, 4.69) is 31.3 Å². The van der Waals surface area contributed by atoms with Gasteiger partial charge in [0.1, 0.15) is 5.69 Å². The average molecular weight is 387 g/mol. The van der Waals surface area contributed by atoms with Crippen LogP contribution in [-0.4, -0.2) is 37.1 Å². The Morgan fingerprint density at radius 1 is 0.931 bits per heavy atom. The number of rotatable bonds is 6. The van der Waals surface area contributed by atoms with E-state index in [1.165, 1.54) is 0 Å². The highest BCUT2D eigenvalue weighted by atomic mass is 16.5. The van der Waals surface area contributed by atoms with Crippen LogP contribution in [-0.2, 0) is 17.9 Å². The number of hydrogen-bond acceptors (Lipinski definition) is 7. The van der Waals surface area contributed by atoms with E-state index in [1.807, 2.05) is 55.6 Å². The van der Waals surface area contributed by atoms with Crippen LogP contribution < -0.4 is 5.73 Å². The zero-order chi connectivity index (χ0) is 20.2. The highest BCUT2D eigenvalue weighted by Crippen LogP contribution is 2.24. The first-order chi connectivity index (χ1) is 14.1. The third-order valence-electron chi connectivity index (χ3n) is 4.34. The number of pyridine rings is 1. The number of ether oxygens (including phenoxy) is 1. The van der Waals surface area contributed by atoms with Crippen molar-refractivity contribution in [2.45, 2.75) is 20.1 Å². The van der Waals surface area contributed by atoms with Crippen molar-refractivity contribution in [3.8, 4) is 22.6 Å². The van der Waals surface area contributed by atoms with E-state index in [0.717, 1.165) is 28.2 Å². The van der Waals surface area contributed by atoms with Gasteiger partial charge < -0.3 is 10.5 Å². The van der Waals surface area contributed by atoms with Crippen LogP contribution in [0.5, 0.6) is 0 Å². The number of nitrogen functional groups attached to an aromatic ring is 1. The summed E-state index contributed by atoms with van der Waals surface area (Å²) >= 11 is 0. The molecular formula is C21H21N7O. The molecule has 0 aliphatic heterocycles. The van der Waals surface area contributed by atoms with Gasteiger partial charge in [-0.3, -0.25) is 4.98 Å². The second kappa shape index (κ2) is 8.15. The predicted molar refractivity (Wildman–Crippen MR) is 110 cm³/mol. The van der Waals surface area contributed by atoms with E-state index in [4.69, 9.17) is 10.5 Å². The highest BCUT2D eigenvalue weighted by Gasteiger charge is 2.11. The number of anilines is 1. The normalized spacial score (nSPS) is 11.0. The van der Waals surface area contributed by atoms with E-state index in [-0.39, 0.29) is 5.95 Å². The number of methoxy groups -OCH3 is 1. The smallest absolute Gasteiger partial charge is 0.221 e. The molecule has 3 heterocycles. The molecule has 0 atom stereocenters. The van der Waals surface area contributed by atoms with Crippen LogP contribution >= 0.6 is 0 Å². The van der Waals surface area contributed by atoms with Gasteiger partial charge in [-0.15, -0.1) is 5.10 Å². The summed E-state index contributed by atoms with van der Waals surface area (Å²) in [5.74, 6) is 0.197. The molecular weight excluding hydrogens is 366 g/mol. The number of nitrogens with zero attached hydrogens (tertiary/aromatic N) is 6. The fourth-order valence-electron chi connectivity index (χ4n) is 3.05. The first-order valence-corrected chi connectivity index (χ1v) is 9.16. The molecule has 8 nitrogen and oxygen atoms in total. The number of aromatic nitrogens is 6. The highest BCUT2D eigenvalue weighted by molar-refractivity contribution is 5.67. The van der Waals surface area contributed by atoms with E-state index < -0.39 is 0 Å². The minimum absolute atomic E-state index is 0.197. The molecule has 1 aromatic carbocycles. The van der Waals surface area contributed by atoms with Crippen LogP contribution in [0.25, 0.3) is 22.6 Å². The van der Waals surface area contributed by atoms with E-state index in [1.54, 1.807) is 11.8 Å². The molecule has 0 saturated heterocycles. The van der Waals surface area contributed by atoms with Gasteiger partial charge in [0, 0.05) is 12.7 Å². The lowest BCUT2D eigenvalue weighted by molar-refractivity contribution is 0.181. The molecule has 0 fully saturated rings. The van der Waals surface area contributed by atoms with Gasteiger partial charge in [-0.2, -0.15) is 0 Å². The summed E-state index contributed by atoms with van der Waals surface area (Å²) in [5, 5.41) is 8.45. The number of hydrogen-bond donors (Lipinski definition) is 1. The third kappa shape index (κ3) is 4.44. The van der Waals surface area contributed by atoms with E-state index in [9.17, 15) is 0 Å². The molecule has 0 amide bonds. The Bertz CT molecular complexity index is 1140. The fourth-order valence-corrected chi connectivity index (χ4v) is 3.05. The summed E-state index contributed by atoms with van der Waals surface area (Å²) in [4.78, 5) is 13.2. The van der Waals surface area contributed by atoms with Crippen molar-refractivity contribution in [3.63, 3.8) is 0 Å².